The fourth-order valence-corrected chi connectivity index (χ4v) is 0.289. The van der Waals surface area contributed by atoms with Gasteiger partial charge in [0.15, 0.2) is 0 Å². The topological polar surface area (TPSA) is 26.3 Å². The number of hydrogen-bond acceptors (Lipinski definition) is 2. The molecule has 0 aromatic carbocycles. The summed E-state index contributed by atoms with van der Waals surface area (Å²) in [4.78, 5) is 8.81. The first kappa shape index (κ1) is 11.4. The molecule has 2 heteroatoms. The molecule has 0 aromatic rings. The van der Waals surface area contributed by atoms with Crippen LogP contribution in [0.2, 0.25) is 0 Å². The van der Waals surface area contributed by atoms with Crippen LogP contribution in [0.15, 0.2) is 0 Å². The largest absolute Gasteiger partial charge is 0.385 e. The van der Waals surface area contributed by atoms with E-state index in [1.807, 2.05) is 0 Å². The highest BCUT2D eigenvalue weighted by atomic mass is 16.5. The van der Waals surface area contributed by atoms with Crippen molar-refractivity contribution in [3.8, 4) is 0 Å². The number of aldehydes is 1. The molecule has 0 aliphatic heterocycles. The summed E-state index contributed by atoms with van der Waals surface area (Å²) < 4.78 is 4.78. The molecule has 0 aliphatic carbocycles. The summed E-state index contributed by atoms with van der Waals surface area (Å²) in [6.07, 6.45) is 3.17. The van der Waals surface area contributed by atoms with Crippen LogP contribution in [-0.4, -0.2) is 20.0 Å². The lowest BCUT2D eigenvalue weighted by molar-refractivity contribution is -0.106. The van der Waals surface area contributed by atoms with Gasteiger partial charge in [0.25, 0.3) is 0 Å². The molecule has 9 heavy (non-hydrogen) atoms. The van der Waals surface area contributed by atoms with Crippen molar-refractivity contribution in [2.24, 2.45) is 0 Å². The Balaban J connectivity index is 0. The van der Waals surface area contributed by atoms with Crippen LogP contribution in [0.4, 0.5) is 0 Å². The molecule has 0 aliphatic rings. The Labute approximate surface area is 57.2 Å². The van der Waals surface area contributed by atoms with Crippen molar-refractivity contribution < 1.29 is 9.53 Å². The summed E-state index contributed by atoms with van der Waals surface area (Å²) in [5.41, 5.74) is 0. The second kappa shape index (κ2) is 15.6. The summed E-state index contributed by atoms with van der Waals surface area (Å²) in [6.45, 7) is 4.51. The molecule has 56 valence electrons. The van der Waals surface area contributed by atoms with Crippen LogP contribution in [0.1, 0.15) is 26.7 Å². The molecular formula is C7H16O2. The van der Waals surface area contributed by atoms with Gasteiger partial charge in [-0.1, -0.05) is 13.3 Å². The maximum absolute atomic E-state index is 8.81. The maximum atomic E-state index is 8.81. The van der Waals surface area contributed by atoms with E-state index in [0.717, 1.165) is 12.9 Å². The third-order valence-electron chi connectivity index (χ3n) is 0.702. The van der Waals surface area contributed by atoms with E-state index < -0.39 is 0 Å². The molecule has 0 bridgehead atoms. The van der Waals surface area contributed by atoms with E-state index in [1.165, 1.54) is 19.8 Å². The molecule has 0 N–H and O–H groups in total. The van der Waals surface area contributed by atoms with Gasteiger partial charge < -0.3 is 9.53 Å². The van der Waals surface area contributed by atoms with E-state index in [1.54, 1.807) is 7.11 Å². The van der Waals surface area contributed by atoms with Crippen LogP contribution in [0.5, 0.6) is 0 Å². The predicted octanol–water partition coefficient (Wildman–Crippen LogP) is 1.64. The van der Waals surface area contributed by atoms with Crippen LogP contribution in [0.3, 0.4) is 0 Å². The van der Waals surface area contributed by atoms with E-state index in [9.17, 15) is 0 Å². The van der Waals surface area contributed by atoms with Crippen molar-refractivity contribution in [1.29, 1.82) is 0 Å². The number of rotatable bonds is 3. The molecule has 2 nitrogen and oxygen atoms in total. The average molecular weight is 132 g/mol. The van der Waals surface area contributed by atoms with E-state index in [0.29, 0.717) is 0 Å². The minimum atomic E-state index is 0.750. The summed E-state index contributed by atoms with van der Waals surface area (Å²) in [7, 11) is 1.73. The van der Waals surface area contributed by atoms with Gasteiger partial charge in [0, 0.05) is 13.7 Å². The highest BCUT2D eigenvalue weighted by Gasteiger charge is 1.74. The van der Waals surface area contributed by atoms with Crippen molar-refractivity contribution >= 4 is 6.29 Å². The SMILES string of the molecule is CC=O.CCCCOC. The Morgan fingerprint density at radius 1 is 1.56 bits per heavy atom. The minimum Gasteiger partial charge on any atom is -0.385 e. The second-order valence-electron chi connectivity index (χ2n) is 1.58. The number of methoxy groups -OCH3 is 1. The number of hydrogen-bond donors (Lipinski definition) is 0. The van der Waals surface area contributed by atoms with Crippen LogP contribution in [0.25, 0.3) is 0 Å². The average Bonchev–Trinajstić information content (AvgIpc) is 1.86. The first-order valence-electron chi connectivity index (χ1n) is 3.22. The van der Waals surface area contributed by atoms with Gasteiger partial charge in [0.2, 0.25) is 0 Å². The first-order valence-corrected chi connectivity index (χ1v) is 3.22. The molecule has 0 rings (SSSR count). The Bertz CT molecular complexity index is 40.2. The van der Waals surface area contributed by atoms with E-state index in [2.05, 4.69) is 6.92 Å². The van der Waals surface area contributed by atoms with Gasteiger partial charge in [-0.15, -0.1) is 0 Å². The van der Waals surface area contributed by atoms with Gasteiger partial charge in [0.1, 0.15) is 6.29 Å². The fraction of sp³-hybridized carbons (Fsp3) is 0.857. The Hall–Kier alpha value is -0.370. The summed E-state index contributed by atoms with van der Waals surface area (Å²) in [6, 6.07) is 0. The monoisotopic (exact) mass is 132 g/mol. The zero-order valence-corrected chi connectivity index (χ0v) is 6.52. The van der Waals surface area contributed by atoms with Gasteiger partial charge in [-0.2, -0.15) is 0 Å². The summed E-state index contributed by atoms with van der Waals surface area (Å²) in [5, 5.41) is 0. The maximum Gasteiger partial charge on any atom is 0.116 e. The lowest BCUT2D eigenvalue weighted by atomic mass is 10.4. The van der Waals surface area contributed by atoms with Crippen LogP contribution < -0.4 is 0 Å². The van der Waals surface area contributed by atoms with E-state index in [4.69, 9.17) is 9.53 Å². The smallest absolute Gasteiger partial charge is 0.116 e. The Morgan fingerprint density at radius 2 is 2.00 bits per heavy atom. The highest BCUT2D eigenvalue weighted by Crippen LogP contribution is 1.83. The number of carbonyl (C=O) groups excluding carboxylic acids is 1. The Kier molecular flexibility index (Phi) is 19.9. The van der Waals surface area contributed by atoms with E-state index in [-0.39, 0.29) is 0 Å². The Morgan fingerprint density at radius 3 is 2.11 bits per heavy atom. The lowest BCUT2D eigenvalue weighted by Gasteiger charge is -1.89. The molecule has 0 unspecified atom stereocenters. The third-order valence-corrected chi connectivity index (χ3v) is 0.702. The predicted molar refractivity (Wildman–Crippen MR) is 38.5 cm³/mol. The van der Waals surface area contributed by atoms with Crippen molar-refractivity contribution in [2.75, 3.05) is 13.7 Å². The van der Waals surface area contributed by atoms with Crippen molar-refractivity contribution in [3.05, 3.63) is 0 Å². The molecule has 0 amide bonds. The number of ether oxygens (including phenoxy) is 1. The van der Waals surface area contributed by atoms with Gasteiger partial charge in [0.05, 0.1) is 0 Å². The molecule has 0 saturated heterocycles. The van der Waals surface area contributed by atoms with Crippen LogP contribution in [-0.2, 0) is 9.53 Å². The molecule has 0 saturated carbocycles. The third kappa shape index (κ3) is 35.0. The van der Waals surface area contributed by atoms with E-state index >= 15 is 0 Å². The van der Waals surface area contributed by atoms with Crippen molar-refractivity contribution in [1.82, 2.24) is 0 Å². The van der Waals surface area contributed by atoms with Crippen LogP contribution >= 0.6 is 0 Å². The van der Waals surface area contributed by atoms with Gasteiger partial charge in [-0.05, 0) is 13.3 Å². The standard InChI is InChI=1S/C5H12O.C2H4O/c1-3-4-5-6-2;1-2-3/h3-5H2,1-2H3;2H,1H3. The number of unbranched alkanes of at least 4 members (excludes halogenated alkanes) is 1. The zero-order valence-electron chi connectivity index (χ0n) is 6.52. The second-order valence-corrected chi connectivity index (χ2v) is 1.58. The highest BCUT2D eigenvalue weighted by molar-refractivity contribution is 5.44. The van der Waals surface area contributed by atoms with Crippen molar-refractivity contribution in [2.45, 2.75) is 26.7 Å². The number of carbonyl (C=O) groups is 1. The molecular weight excluding hydrogens is 116 g/mol. The van der Waals surface area contributed by atoms with Gasteiger partial charge in [-0.25, -0.2) is 0 Å². The molecule has 0 heterocycles. The van der Waals surface area contributed by atoms with Crippen molar-refractivity contribution in [3.63, 3.8) is 0 Å². The van der Waals surface area contributed by atoms with Gasteiger partial charge in [-0.3, -0.25) is 0 Å². The minimum absolute atomic E-state index is 0.750. The molecule has 0 spiro atoms. The molecule has 0 radical (unpaired) electrons. The van der Waals surface area contributed by atoms with Crippen LogP contribution in [0, 0.1) is 0 Å². The zero-order chi connectivity index (χ0) is 7.54. The fourth-order valence-electron chi connectivity index (χ4n) is 0.289. The van der Waals surface area contributed by atoms with Gasteiger partial charge >= 0.3 is 0 Å². The molecule has 0 fully saturated rings. The summed E-state index contributed by atoms with van der Waals surface area (Å²) >= 11 is 0. The molecule has 0 aromatic heterocycles. The summed E-state index contributed by atoms with van der Waals surface area (Å²) in [5.74, 6) is 0. The first-order chi connectivity index (χ1) is 4.33. The normalized spacial score (nSPS) is 7.44. The molecule has 0 atom stereocenters. The lowest BCUT2D eigenvalue weighted by Crippen LogP contribution is -1.84. The quantitative estimate of drug-likeness (QED) is 0.431.